The number of nitrogens with one attached hydrogen (secondary N) is 1. The Kier molecular flexibility index (Phi) is 3.63. The largest absolute Gasteiger partial charge is 0.304 e. The highest BCUT2D eigenvalue weighted by molar-refractivity contribution is 7.94. The molecular formula is C11H17N3O2S. The third-order valence-corrected chi connectivity index (χ3v) is 4.11. The summed E-state index contributed by atoms with van der Waals surface area (Å²) in [4.78, 5) is 0. The van der Waals surface area contributed by atoms with E-state index >= 15 is 0 Å². The van der Waals surface area contributed by atoms with Crippen LogP contribution in [-0.4, -0.2) is 30.0 Å². The average Bonchev–Trinajstić information content (AvgIpc) is 2.83. The number of sulfone groups is 1. The zero-order valence-electron chi connectivity index (χ0n) is 9.83. The summed E-state index contributed by atoms with van der Waals surface area (Å²) >= 11 is 0. The standard InChI is InChI=1S/C11H17N3O2S/c1-2-6-14-11(3-5-13-14)8-12-10-4-7-17(15,16)9-10/h3-5,7,10,12H,2,6,8-9H2,1H3. The molecule has 1 aromatic rings. The van der Waals surface area contributed by atoms with Crippen LogP contribution in [0, 0.1) is 0 Å². The van der Waals surface area contributed by atoms with Crippen LogP contribution >= 0.6 is 0 Å². The summed E-state index contributed by atoms with van der Waals surface area (Å²) in [6.45, 7) is 3.64. The Balaban J connectivity index is 1.90. The fourth-order valence-corrected chi connectivity index (χ4v) is 3.13. The highest BCUT2D eigenvalue weighted by Gasteiger charge is 2.21. The topological polar surface area (TPSA) is 64.0 Å². The zero-order valence-corrected chi connectivity index (χ0v) is 10.7. The van der Waals surface area contributed by atoms with Gasteiger partial charge in [-0.3, -0.25) is 4.68 Å². The lowest BCUT2D eigenvalue weighted by atomic mass is 10.3. The molecule has 0 radical (unpaired) electrons. The van der Waals surface area contributed by atoms with E-state index in [1.807, 2.05) is 10.7 Å². The fourth-order valence-electron chi connectivity index (χ4n) is 1.86. The highest BCUT2D eigenvalue weighted by atomic mass is 32.2. The first-order valence-corrected chi connectivity index (χ1v) is 7.47. The molecular weight excluding hydrogens is 238 g/mol. The van der Waals surface area contributed by atoms with Gasteiger partial charge in [0.05, 0.1) is 11.4 Å². The van der Waals surface area contributed by atoms with Crippen molar-refractivity contribution in [3.63, 3.8) is 0 Å². The molecule has 5 nitrogen and oxygen atoms in total. The lowest BCUT2D eigenvalue weighted by molar-refractivity contribution is 0.537. The van der Waals surface area contributed by atoms with Crippen LogP contribution in [0.5, 0.6) is 0 Å². The summed E-state index contributed by atoms with van der Waals surface area (Å²) in [5, 5.41) is 8.72. The summed E-state index contributed by atoms with van der Waals surface area (Å²) in [7, 11) is -2.97. The van der Waals surface area contributed by atoms with Gasteiger partial charge in [-0.05, 0) is 12.5 Å². The molecule has 2 heterocycles. The molecule has 2 rings (SSSR count). The minimum Gasteiger partial charge on any atom is -0.304 e. The van der Waals surface area contributed by atoms with E-state index < -0.39 is 9.84 Å². The minimum absolute atomic E-state index is 0.0787. The minimum atomic E-state index is -2.97. The van der Waals surface area contributed by atoms with E-state index in [1.54, 1.807) is 12.3 Å². The summed E-state index contributed by atoms with van der Waals surface area (Å²) in [5.41, 5.74) is 1.09. The number of hydrogen-bond donors (Lipinski definition) is 1. The first-order chi connectivity index (χ1) is 8.11. The van der Waals surface area contributed by atoms with E-state index in [4.69, 9.17) is 0 Å². The van der Waals surface area contributed by atoms with Crippen molar-refractivity contribution in [2.45, 2.75) is 32.5 Å². The lowest BCUT2D eigenvalue weighted by Crippen LogP contribution is -2.30. The summed E-state index contributed by atoms with van der Waals surface area (Å²) in [5.74, 6) is 0.162. The van der Waals surface area contributed by atoms with Crippen molar-refractivity contribution in [1.82, 2.24) is 15.1 Å². The molecule has 0 amide bonds. The predicted octanol–water partition coefficient (Wildman–Crippen LogP) is 0.693. The Morgan fingerprint density at radius 3 is 3.06 bits per heavy atom. The van der Waals surface area contributed by atoms with Crippen molar-refractivity contribution < 1.29 is 8.42 Å². The van der Waals surface area contributed by atoms with E-state index in [-0.39, 0.29) is 11.8 Å². The van der Waals surface area contributed by atoms with Crippen molar-refractivity contribution in [2.75, 3.05) is 5.75 Å². The van der Waals surface area contributed by atoms with E-state index in [1.165, 1.54) is 5.41 Å². The van der Waals surface area contributed by atoms with Gasteiger partial charge in [0.25, 0.3) is 0 Å². The molecule has 17 heavy (non-hydrogen) atoms. The first kappa shape index (κ1) is 12.3. The third kappa shape index (κ3) is 3.17. The van der Waals surface area contributed by atoms with Gasteiger partial charge in [-0.2, -0.15) is 5.10 Å². The second-order valence-corrected chi connectivity index (χ2v) is 6.12. The van der Waals surface area contributed by atoms with Crippen LogP contribution in [0.4, 0.5) is 0 Å². The lowest BCUT2D eigenvalue weighted by Gasteiger charge is -2.11. The van der Waals surface area contributed by atoms with Gasteiger partial charge in [-0.1, -0.05) is 13.0 Å². The van der Waals surface area contributed by atoms with Crippen molar-refractivity contribution in [1.29, 1.82) is 0 Å². The zero-order chi connectivity index (χ0) is 12.3. The Morgan fingerprint density at radius 2 is 2.41 bits per heavy atom. The summed E-state index contributed by atoms with van der Waals surface area (Å²) in [6.07, 6.45) is 4.51. The average molecular weight is 255 g/mol. The number of nitrogens with zero attached hydrogens (tertiary/aromatic N) is 2. The van der Waals surface area contributed by atoms with E-state index in [9.17, 15) is 8.42 Å². The highest BCUT2D eigenvalue weighted by Crippen LogP contribution is 2.09. The number of aryl methyl sites for hydroxylation is 1. The smallest absolute Gasteiger partial charge is 0.173 e. The molecule has 0 saturated carbocycles. The van der Waals surface area contributed by atoms with Gasteiger partial charge in [0.1, 0.15) is 0 Å². The molecule has 94 valence electrons. The number of hydrogen-bond acceptors (Lipinski definition) is 4. The Hall–Kier alpha value is -1.14. The molecule has 0 fully saturated rings. The quantitative estimate of drug-likeness (QED) is 0.841. The summed E-state index contributed by atoms with van der Waals surface area (Å²) < 4.78 is 24.4. The number of rotatable bonds is 5. The molecule has 1 N–H and O–H groups in total. The van der Waals surface area contributed by atoms with Gasteiger partial charge in [0.2, 0.25) is 0 Å². The number of aromatic nitrogens is 2. The van der Waals surface area contributed by atoms with Gasteiger partial charge in [-0.15, -0.1) is 0 Å². The monoisotopic (exact) mass is 255 g/mol. The molecule has 6 heteroatoms. The van der Waals surface area contributed by atoms with E-state index in [2.05, 4.69) is 17.3 Å². The van der Waals surface area contributed by atoms with E-state index in [0.717, 1.165) is 18.7 Å². The van der Waals surface area contributed by atoms with Crippen LogP contribution < -0.4 is 5.32 Å². The summed E-state index contributed by atoms with van der Waals surface area (Å²) in [6, 6.07) is 1.88. The molecule has 0 spiro atoms. The van der Waals surface area contributed by atoms with Crippen LogP contribution in [0.25, 0.3) is 0 Å². The Morgan fingerprint density at radius 1 is 1.59 bits per heavy atom. The molecule has 1 aliphatic heterocycles. The molecule has 1 atom stereocenters. The van der Waals surface area contributed by atoms with Gasteiger partial charge >= 0.3 is 0 Å². The third-order valence-electron chi connectivity index (χ3n) is 2.72. The molecule has 1 aliphatic rings. The maximum Gasteiger partial charge on any atom is 0.173 e. The molecule has 0 aromatic carbocycles. The van der Waals surface area contributed by atoms with Crippen molar-refractivity contribution in [3.8, 4) is 0 Å². The first-order valence-electron chi connectivity index (χ1n) is 5.76. The fraction of sp³-hybridized carbons (Fsp3) is 0.545. The Bertz CT molecular complexity index is 505. The maximum absolute atomic E-state index is 11.2. The van der Waals surface area contributed by atoms with Crippen molar-refractivity contribution in [2.24, 2.45) is 0 Å². The predicted molar refractivity (Wildman–Crippen MR) is 66.1 cm³/mol. The molecule has 0 aliphatic carbocycles. The van der Waals surface area contributed by atoms with Crippen LogP contribution in [0.15, 0.2) is 23.7 Å². The molecule has 0 saturated heterocycles. The van der Waals surface area contributed by atoms with Gasteiger partial charge in [0.15, 0.2) is 9.84 Å². The molecule has 1 aromatic heterocycles. The van der Waals surface area contributed by atoms with Gasteiger partial charge in [-0.25, -0.2) is 8.42 Å². The van der Waals surface area contributed by atoms with E-state index in [0.29, 0.717) is 6.54 Å². The SMILES string of the molecule is CCCn1nccc1CNC1C=CS(=O)(=O)C1. The van der Waals surface area contributed by atoms with Gasteiger partial charge in [0, 0.05) is 30.7 Å². The van der Waals surface area contributed by atoms with Crippen molar-refractivity contribution in [3.05, 3.63) is 29.4 Å². The van der Waals surface area contributed by atoms with Gasteiger partial charge < -0.3 is 5.32 Å². The molecule has 1 unspecified atom stereocenters. The Labute approximate surface area is 101 Å². The molecule has 0 bridgehead atoms. The van der Waals surface area contributed by atoms with Crippen molar-refractivity contribution >= 4 is 9.84 Å². The normalized spacial score (nSPS) is 22.1. The maximum atomic E-state index is 11.2. The van der Waals surface area contributed by atoms with Crippen LogP contribution in [-0.2, 0) is 22.9 Å². The second-order valence-electron chi connectivity index (χ2n) is 4.19. The van der Waals surface area contributed by atoms with Crippen LogP contribution in [0.1, 0.15) is 19.0 Å². The van der Waals surface area contributed by atoms with Crippen LogP contribution in [0.2, 0.25) is 0 Å². The van der Waals surface area contributed by atoms with Crippen LogP contribution in [0.3, 0.4) is 0 Å². The second kappa shape index (κ2) is 5.01.